The highest BCUT2D eigenvalue weighted by molar-refractivity contribution is 5.73. The number of nitrogens with one attached hydrogen (secondary N) is 1. The summed E-state index contributed by atoms with van der Waals surface area (Å²) in [5.41, 5.74) is 1.14. The maximum atomic E-state index is 12.1. The molecule has 110 valence electrons. The highest BCUT2D eigenvalue weighted by atomic mass is 16.5. The molecule has 2 amide bonds. The van der Waals surface area contributed by atoms with Gasteiger partial charge in [0, 0.05) is 26.7 Å². The Bertz CT molecular complexity index is 422. The molecule has 1 N–H and O–H groups in total. The average Bonchev–Trinajstić information content (AvgIpc) is 2.46. The van der Waals surface area contributed by atoms with Crippen LogP contribution in [0.2, 0.25) is 0 Å². The van der Waals surface area contributed by atoms with Crippen molar-refractivity contribution in [1.82, 2.24) is 10.2 Å². The van der Waals surface area contributed by atoms with E-state index in [0.717, 1.165) is 31.6 Å². The minimum absolute atomic E-state index is 0.00648. The molecule has 0 aromatic heterocycles. The average molecular weight is 276 g/mol. The van der Waals surface area contributed by atoms with Crippen LogP contribution in [0.25, 0.3) is 0 Å². The summed E-state index contributed by atoms with van der Waals surface area (Å²) in [5.74, 6) is 0.535. The summed E-state index contributed by atoms with van der Waals surface area (Å²) >= 11 is 0. The third-order valence-corrected chi connectivity index (χ3v) is 3.74. The highest BCUT2D eigenvalue weighted by Gasteiger charge is 2.20. The molecule has 0 unspecified atom stereocenters. The number of rotatable bonds is 4. The van der Waals surface area contributed by atoms with E-state index in [1.807, 2.05) is 37.4 Å². The molecule has 1 aromatic carbocycles. The highest BCUT2D eigenvalue weighted by Crippen LogP contribution is 2.18. The normalized spacial score (nSPS) is 22.3. The predicted molar refractivity (Wildman–Crippen MR) is 79.4 cm³/mol. The molecule has 1 saturated heterocycles. The number of hydrogen-bond acceptors (Lipinski definition) is 2. The second kappa shape index (κ2) is 7.29. The van der Waals surface area contributed by atoms with Gasteiger partial charge in [-0.15, -0.1) is 0 Å². The summed E-state index contributed by atoms with van der Waals surface area (Å²) in [4.78, 5) is 13.8. The van der Waals surface area contributed by atoms with E-state index in [9.17, 15) is 4.79 Å². The Balaban J connectivity index is 1.74. The van der Waals surface area contributed by atoms with Crippen molar-refractivity contribution in [1.29, 1.82) is 0 Å². The van der Waals surface area contributed by atoms with Crippen molar-refractivity contribution < 1.29 is 9.53 Å². The molecule has 1 aromatic rings. The Morgan fingerprint density at radius 2 is 2.15 bits per heavy atom. The van der Waals surface area contributed by atoms with Crippen LogP contribution in [0.15, 0.2) is 30.3 Å². The molecular weight excluding hydrogens is 252 g/mol. The first-order valence-corrected chi connectivity index (χ1v) is 7.29. The van der Waals surface area contributed by atoms with Crippen LogP contribution >= 0.6 is 0 Å². The standard InChI is InChI=1S/C16H24N2O2/c1-13-10-15(8-9-20-13)11-17-16(19)18(2)12-14-6-4-3-5-7-14/h3-7,13,15H,8-12H2,1-2H3,(H,17,19)/t13-,15-/m0/s1. The van der Waals surface area contributed by atoms with Gasteiger partial charge in [-0.3, -0.25) is 0 Å². The Hall–Kier alpha value is -1.55. The number of ether oxygens (including phenoxy) is 1. The molecule has 20 heavy (non-hydrogen) atoms. The van der Waals surface area contributed by atoms with E-state index < -0.39 is 0 Å². The van der Waals surface area contributed by atoms with Crippen molar-refractivity contribution in [3.63, 3.8) is 0 Å². The van der Waals surface area contributed by atoms with Crippen molar-refractivity contribution in [2.24, 2.45) is 5.92 Å². The largest absolute Gasteiger partial charge is 0.378 e. The molecule has 1 aliphatic rings. The van der Waals surface area contributed by atoms with Gasteiger partial charge in [-0.05, 0) is 31.2 Å². The fourth-order valence-electron chi connectivity index (χ4n) is 2.57. The zero-order valence-corrected chi connectivity index (χ0v) is 12.3. The van der Waals surface area contributed by atoms with Gasteiger partial charge in [-0.25, -0.2) is 4.79 Å². The Kier molecular flexibility index (Phi) is 5.41. The zero-order chi connectivity index (χ0) is 14.4. The van der Waals surface area contributed by atoms with Gasteiger partial charge in [0.2, 0.25) is 0 Å². The minimum atomic E-state index is -0.00648. The number of carbonyl (C=O) groups excluding carboxylic acids is 1. The van der Waals surface area contributed by atoms with E-state index in [0.29, 0.717) is 18.6 Å². The summed E-state index contributed by atoms with van der Waals surface area (Å²) in [6, 6.07) is 10.0. The van der Waals surface area contributed by atoms with Crippen LogP contribution in [-0.2, 0) is 11.3 Å². The number of urea groups is 1. The number of benzene rings is 1. The minimum Gasteiger partial charge on any atom is -0.378 e. The third-order valence-electron chi connectivity index (χ3n) is 3.74. The predicted octanol–water partition coefficient (Wildman–Crippen LogP) is 2.64. The fourth-order valence-corrected chi connectivity index (χ4v) is 2.57. The van der Waals surface area contributed by atoms with Gasteiger partial charge < -0.3 is 15.0 Å². The number of nitrogens with zero attached hydrogens (tertiary/aromatic N) is 1. The molecule has 1 heterocycles. The van der Waals surface area contributed by atoms with Gasteiger partial charge in [0.25, 0.3) is 0 Å². The van der Waals surface area contributed by atoms with Gasteiger partial charge in [0.1, 0.15) is 0 Å². The zero-order valence-electron chi connectivity index (χ0n) is 12.3. The topological polar surface area (TPSA) is 41.6 Å². The van der Waals surface area contributed by atoms with Crippen molar-refractivity contribution in [3.8, 4) is 0 Å². The van der Waals surface area contributed by atoms with Crippen LogP contribution in [0.1, 0.15) is 25.3 Å². The lowest BCUT2D eigenvalue weighted by molar-refractivity contribution is 0.00327. The first kappa shape index (κ1) is 14.9. The van der Waals surface area contributed by atoms with E-state index in [-0.39, 0.29) is 6.03 Å². The van der Waals surface area contributed by atoms with Gasteiger partial charge >= 0.3 is 6.03 Å². The summed E-state index contributed by atoms with van der Waals surface area (Å²) in [5, 5.41) is 3.02. The molecular formula is C16H24N2O2. The molecule has 4 heteroatoms. The van der Waals surface area contributed by atoms with Crippen LogP contribution in [-0.4, -0.2) is 37.2 Å². The molecule has 1 fully saturated rings. The molecule has 0 saturated carbocycles. The summed E-state index contributed by atoms with van der Waals surface area (Å²) < 4.78 is 5.52. The van der Waals surface area contributed by atoms with Crippen molar-refractivity contribution in [3.05, 3.63) is 35.9 Å². The lowest BCUT2D eigenvalue weighted by atomic mass is 9.96. The number of hydrogen-bond donors (Lipinski definition) is 1. The van der Waals surface area contributed by atoms with Crippen LogP contribution in [0, 0.1) is 5.92 Å². The molecule has 1 aliphatic heterocycles. The van der Waals surface area contributed by atoms with Crippen molar-refractivity contribution in [2.45, 2.75) is 32.4 Å². The molecule has 0 radical (unpaired) electrons. The number of amides is 2. The maximum Gasteiger partial charge on any atom is 0.317 e. The lowest BCUT2D eigenvalue weighted by Crippen LogP contribution is -2.40. The quantitative estimate of drug-likeness (QED) is 0.918. The van der Waals surface area contributed by atoms with Gasteiger partial charge in [-0.1, -0.05) is 30.3 Å². The fraction of sp³-hybridized carbons (Fsp3) is 0.562. The van der Waals surface area contributed by atoms with E-state index in [1.165, 1.54) is 0 Å². The second-order valence-electron chi connectivity index (χ2n) is 5.60. The van der Waals surface area contributed by atoms with Gasteiger partial charge in [-0.2, -0.15) is 0 Å². The summed E-state index contributed by atoms with van der Waals surface area (Å²) in [7, 11) is 1.83. The smallest absolute Gasteiger partial charge is 0.317 e. The van der Waals surface area contributed by atoms with Crippen molar-refractivity contribution in [2.75, 3.05) is 20.2 Å². The monoisotopic (exact) mass is 276 g/mol. The molecule has 2 atom stereocenters. The van der Waals surface area contributed by atoms with E-state index in [2.05, 4.69) is 12.2 Å². The summed E-state index contributed by atoms with van der Waals surface area (Å²) in [6.07, 6.45) is 2.38. The number of carbonyl (C=O) groups is 1. The molecule has 4 nitrogen and oxygen atoms in total. The van der Waals surface area contributed by atoms with Crippen LogP contribution in [0.4, 0.5) is 4.79 Å². The van der Waals surface area contributed by atoms with Crippen molar-refractivity contribution >= 4 is 6.03 Å². The van der Waals surface area contributed by atoms with Gasteiger partial charge in [0.15, 0.2) is 0 Å². The second-order valence-corrected chi connectivity index (χ2v) is 5.60. The SMILES string of the molecule is C[C@H]1C[C@@H](CNC(=O)N(C)Cc2ccccc2)CCO1. The van der Waals surface area contributed by atoms with Crippen LogP contribution in [0.5, 0.6) is 0 Å². The maximum absolute atomic E-state index is 12.1. The first-order chi connectivity index (χ1) is 9.65. The molecule has 0 aliphatic carbocycles. The van der Waals surface area contributed by atoms with Crippen LogP contribution in [0.3, 0.4) is 0 Å². The summed E-state index contributed by atoms with van der Waals surface area (Å²) in [6.45, 7) is 4.28. The van der Waals surface area contributed by atoms with E-state index >= 15 is 0 Å². The Labute approximate surface area is 121 Å². The third kappa shape index (κ3) is 4.53. The Morgan fingerprint density at radius 3 is 2.85 bits per heavy atom. The molecule has 0 spiro atoms. The molecule has 2 rings (SSSR count). The Morgan fingerprint density at radius 1 is 1.40 bits per heavy atom. The lowest BCUT2D eigenvalue weighted by Gasteiger charge is -2.28. The molecule has 0 bridgehead atoms. The van der Waals surface area contributed by atoms with E-state index in [4.69, 9.17) is 4.74 Å². The van der Waals surface area contributed by atoms with Crippen LogP contribution < -0.4 is 5.32 Å². The van der Waals surface area contributed by atoms with E-state index in [1.54, 1.807) is 4.90 Å². The first-order valence-electron chi connectivity index (χ1n) is 7.29. The van der Waals surface area contributed by atoms with Gasteiger partial charge in [0.05, 0.1) is 6.10 Å².